The van der Waals surface area contributed by atoms with Crippen LogP contribution in [0.1, 0.15) is 43.0 Å². The number of benzene rings is 1. The summed E-state index contributed by atoms with van der Waals surface area (Å²) in [7, 11) is 0. The highest BCUT2D eigenvalue weighted by molar-refractivity contribution is 7.71. The van der Waals surface area contributed by atoms with Crippen LogP contribution in [0.4, 0.5) is 13.2 Å². The standard InChI is InChI=1S/C16H16F3N3S/c17-16(18,19)11-7-3-4-8-12(11)22-14(20-21-15(22)23)13-9-5-1-2-6-10(9)13/h3-4,7-10,13H,1-2,5-6H2,(H,21,23). The maximum absolute atomic E-state index is 13.3. The number of aromatic amines is 1. The van der Waals surface area contributed by atoms with Crippen molar-refractivity contribution < 1.29 is 13.2 Å². The monoisotopic (exact) mass is 339 g/mol. The van der Waals surface area contributed by atoms with Crippen molar-refractivity contribution in [2.45, 2.75) is 37.8 Å². The van der Waals surface area contributed by atoms with Gasteiger partial charge in [-0.3, -0.25) is 9.67 Å². The predicted octanol–water partition coefficient (Wildman–Crippen LogP) is 4.85. The Kier molecular flexibility index (Phi) is 3.37. The van der Waals surface area contributed by atoms with Crippen LogP contribution in [0.2, 0.25) is 0 Å². The Labute approximate surface area is 136 Å². The molecule has 2 atom stereocenters. The summed E-state index contributed by atoms with van der Waals surface area (Å²) in [6, 6.07) is 5.55. The van der Waals surface area contributed by atoms with Crippen molar-refractivity contribution in [3.63, 3.8) is 0 Å². The van der Waals surface area contributed by atoms with Crippen LogP contribution in [0.15, 0.2) is 24.3 Å². The van der Waals surface area contributed by atoms with E-state index < -0.39 is 11.7 Å². The fourth-order valence-corrected chi connectivity index (χ4v) is 4.29. The molecule has 0 spiro atoms. The molecule has 0 saturated heterocycles. The molecule has 2 unspecified atom stereocenters. The van der Waals surface area contributed by atoms with Crippen molar-refractivity contribution in [3.05, 3.63) is 40.4 Å². The molecular weight excluding hydrogens is 323 g/mol. The van der Waals surface area contributed by atoms with E-state index in [0.717, 1.165) is 18.9 Å². The smallest absolute Gasteiger partial charge is 0.271 e. The molecule has 3 nitrogen and oxygen atoms in total. The van der Waals surface area contributed by atoms with Crippen LogP contribution in [-0.2, 0) is 6.18 Å². The molecule has 0 amide bonds. The maximum Gasteiger partial charge on any atom is 0.418 e. The number of rotatable bonds is 2. The second kappa shape index (κ2) is 5.19. The van der Waals surface area contributed by atoms with Gasteiger partial charge in [-0.05, 0) is 49.0 Å². The SMILES string of the molecule is FC(F)(F)c1ccccc1-n1c(C2C3CCCCC32)n[nH]c1=S. The van der Waals surface area contributed by atoms with E-state index in [1.54, 1.807) is 6.07 Å². The van der Waals surface area contributed by atoms with E-state index in [0.29, 0.717) is 17.7 Å². The van der Waals surface area contributed by atoms with Crippen LogP contribution in [-0.4, -0.2) is 14.8 Å². The number of H-pyrrole nitrogens is 1. The number of para-hydroxylation sites is 1. The van der Waals surface area contributed by atoms with E-state index in [-0.39, 0.29) is 16.4 Å². The second-order valence-electron chi connectivity index (χ2n) is 6.38. The molecule has 2 saturated carbocycles. The molecule has 1 aromatic carbocycles. The quantitative estimate of drug-likeness (QED) is 0.793. The van der Waals surface area contributed by atoms with E-state index in [2.05, 4.69) is 10.2 Å². The molecular formula is C16H16F3N3S. The average molecular weight is 339 g/mol. The molecule has 23 heavy (non-hydrogen) atoms. The molecule has 0 radical (unpaired) electrons. The predicted molar refractivity (Wildman–Crippen MR) is 81.9 cm³/mol. The van der Waals surface area contributed by atoms with E-state index in [1.807, 2.05) is 0 Å². The first-order valence-corrected chi connectivity index (χ1v) is 8.23. The third kappa shape index (κ3) is 2.41. The zero-order chi connectivity index (χ0) is 16.2. The van der Waals surface area contributed by atoms with Gasteiger partial charge in [-0.25, -0.2) is 0 Å². The topological polar surface area (TPSA) is 33.6 Å². The molecule has 122 valence electrons. The van der Waals surface area contributed by atoms with Crippen LogP contribution in [0, 0.1) is 16.6 Å². The first-order chi connectivity index (χ1) is 11.0. The highest BCUT2D eigenvalue weighted by Crippen LogP contribution is 2.61. The van der Waals surface area contributed by atoms with Gasteiger partial charge in [0.15, 0.2) is 4.77 Å². The Morgan fingerprint density at radius 2 is 1.78 bits per heavy atom. The Bertz CT molecular complexity index is 780. The van der Waals surface area contributed by atoms with Gasteiger partial charge in [-0.2, -0.15) is 18.3 Å². The molecule has 2 fully saturated rings. The summed E-state index contributed by atoms with van der Waals surface area (Å²) in [4.78, 5) is 0. The number of fused-ring (bicyclic) bond motifs is 1. The maximum atomic E-state index is 13.3. The van der Waals surface area contributed by atoms with Crippen molar-refractivity contribution >= 4 is 12.2 Å². The van der Waals surface area contributed by atoms with Crippen LogP contribution < -0.4 is 0 Å². The van der Waals surface area contributed by atoms with Crippen LogP contribution >= 0.6 is 12.2 Å². The average Bonchev–Trinajstić information content (AvgIpc) is 3.13. The van der Waals surface area contributed by atoms with E-state index >= 15 is 0 Å². The van der Waals surface area contributed by atoms with E-state index in [1.165, 1.54) is 29.5 Å². The summed E-state index contributed by atoms with van der Waals surface area (Å²) in [5, 5.41) is 6.97. The van der Waals surface area contributed by atoms with Gasteiger partial charge in [0.2, 0.25) is 0 Å². The van der Waals surface area contributed by atoms with Crippen molar-refractivity contribution in [3.8, 4) is 5.69 Å². The summed E-state index contributed by atoms with van der Waals surface area (Å²) in [5.41, 5.74) is -0.611. The molecule has 7 heteroatoms. The molecule has 1 heterocycles. The Hall–Kier alpha value is -1.63. The van der Waals surface area contributed by atoms with Crippen molar-refractivity contribution in [2.75, 3.05) is 0 Å². The summed E-state index contributed by atoms with van der Waals surface area (Å²) < 4.78 is 41.7. The van der Waals surface area contributed by atoms with Crippen LogP contribution in [0.25, 0.3) is 5.69 Å². The Balaban J connectivity index is 1.83. The normalized spacial score (nSPS) is 26.8. The molecule has 1 aromatic heterocycles. The lowest BCUT2D eigenvalue weighted by atomic mass is 10.0. The Morgan fingerprint density at radius 3 is 2.43 bits per heavy atom. The first-order valence-electron chi connectivity index (χ1n) is 7.82. The van der Waals surface area contributed by atoms with Gasteiger partial charge in [-0.1, -0.05) is 25.0 Å². The third-order valence-electron chi connectivity index (χ3n) is 5.10. The lowest BCUT2D eigenvalue weighted by Gasteiger charge is -2.14. The molecule has 4 rings (SSSR count). The number of alkyl halides is 3. The zero-order valence-corrected chi connectivity index (χ0v) is 13.1. The Morgan fingerprint density at radius 1 is 1.13 bits per heavy atom. The number of nitrogens with zero attached hydrogens (tertiary/aromatic N) is 2. The van der Waals surface area contributed by atoms with Gasteiger partial charge in [0, 0.05) is 5.92 Å². The number of nitrogens with one attached hydrogen (secondary N) is 1. The number of hydrogen-bond acceptors (Lipinski definition) is 2. The van der Waals surface area contributed by atoms with Crippen LogP contribution in [0.3, 0.4) is 0 Å². The largest absolute Gasteiger partial charge is 0.418 e. The first kappa shape index (κ1) is 14.9. The summed E-state index contributed by atoms with van der Waals surface area (Å²) in [6.07, 6.45) is 0.242. The van der Waals surface area contributed by atoms with Crippen molar-refractivity contribution in [2.24, 2.45) is 11.8 Å². The fourth-order valence-electron chi connectivity index (χ4n) is 4.05. The molecule has 0 bridgehead atoms. The third-order valence-corrected chi connectivity index (χ3v) is 5.38. The second-order valence-corrected chi connectivity index (χ2v) is 6.76. The number of halogens is 3. The lowest BCUT2D eigenvalue weighted by molar-refractivity contribution is -0.137. The minimum absolute atomic E-state index is 0.0670. The highest BCUT2D eigenvalue weighted by Gasteiger charge is 2.54. The van der Waals surface area contributed by atoms with Gasteiger partial charge in [0.25, 0.3) is 0 Å². The molecule has 2 aromatic rings. The number of hydrogen-bond donors (Lipinski definition) is 1. The van der Waals surface area contributed by atoms with Crippen molar-refractivity contribution in [1.29, 1.82) is 0 Å². The lowest BCUT2D eigenvalue weighted by Crippen LogP contribution is -2.12. The zero-order valence-electron chi connectivity index (χ0n) is 12.3. The summed E-state index contributed by atoms with van der Waals surface area (Å²) in [5.74, 6) is 1.98. The van der Waals surface area contributed by atoms with Gasteiger partial charge in [-0.15, -0.1) is 0 Å². The summed E-state index contributed by atoms with van der Waals surface area (Å²) >= 11 is 5.23. The number of aromatic nitrogens is 3. The van der Waals surface area contributed by atoms with Gasteiger partial charge in [0.1, 0.15) is 5.82 Å². The highest BCUT2D eigenvalue weighted by atomic mass is 32.1. The summed E-state index contributed by atoms with van der Waals surface area (Å²) in [6.45, 7) is 0. The molecule has 2 aliphatic rings. The van der Waals surface area contributed by atoms with Gasteiger partial charge >= 0.3 is 6.18 Å². The minimum Gasteiger partial charge on any atom is -0.271 e. The minimum atomic E-state index is -4.42. The van der Waals surface area contributed by atoms with Crippen LogP contribution in [0.5, 0.6) is 0 Å². The van der Waals surface area contributed by atoms with Crippen molar-refractivity contribution in [1.82, 2.24) is 14.8 Å². The molecule has 2 aliphatic carbocycles. The fraction of sp³-hybridized carbons (Fsp3) is 0.500. The molecule has 1 N–H and O–H groups in total. The van der Waals surface area contributed by atoms with Gasteiger partial charge in [0.05, 0.1) is 11.3 Å². The van der Waals surface area contributed by atoms with E-state index in [9.17, 15) is 13.2 Å². The van der Waals surface area contributed by atoms with Gasteiger partial charge < -0.3 is 0 Å². The van der Waals surface area contributed by atoms with E-state index in [4.69, 9.17) is 12.2 Å². The molecule has 0 aliphatic heterocycles.